The molecular formula is C25H20F2N4O3. The van der Waals surface area contributed by atoms with E-state index in [9.17, 15) is 18.4 Å². The lowest BCUT2D eigenvalue weighted by atomic mass is 9.78. The Balaban J connectivity index is 1.28. The molecule has 2 aromatic carbocycles. The first kappa shape index (κ1) is 20.9. The Kier molecular flexibility index (Phi) is 4.70. The van der Waals surface area contributed by atoms with E-state index in [0.717, 1.165) is 17.7 Å². The molecule has 0 saturated carbocycles. The monoisotopic (exact) mass is 462 g/mol. The van der Waals surface area contributed by atoms with Crippen molar-refractivity contribution in [3.63, 3.8) is 0 Å². The van der Waals surface area contributed by atoms with Crippen LogP contribution in [0.25, 0.3) is 11.4 Å². The summed E-state index contributed by atoms with van der Waals surface area (Å²) in [7, 11) is 0. The van der Waals surface area contributed by atoms with Gasteiger partial charge in [-0.3, -0.25) is 9.59 Å². The van der Waals surface area contributed by atoms with E-state index in [1.165, 1.54) is 6.07 Å². The van der Waals surface area contributed by atoms with Crippen LogP contribution in [0.15, 0.2) is 42.5 Å². The first-order valence-electron chi connectivity index (χ1n) is 11.0. The first-order valence-corrected chi connectivity index (χ1v) is 11.0. The van der Waals surface area contributed by atoms with Gasteiger partial charge in [-0.2, -0.15) is 0 Å². The molecule has 4 heterocycles. The number of carbonyl (C=O) groups is 2. The molecule has 0 unspecified atom stereocenters. The molecule has 9 heteroatoms. The Bertz CT molecular complexity index is 1310. The van der Waals surface area contributed by atoms with Gasteiger partial charge in [0.25, 0.3) is 11.8 Å². The third kappa shape index (κ3) is 3.35. The molecule has 2 fully saturated rings. The number of fused-ring (bicyclic) bond motifs is 1. The van der Waals surface area contributed by atoms with Gasteiger partial charge in [-0.15, -0.1) is 0 Å². The first-order chi connectivity index (χ1) is 16.4. The van der Waals surface area contributed by atoms with Crippen LogP contribution in [0.2, 0.25) is 0 Å². The predicted octanol–water partition coefficient (Wildman–Crippen LogP) is 2.73. The fraction of sp³-hybridized carbons (Fsp3) is 0.280. The Labute approximate surface area is 193 Å². The minimum absolute atomic E-state index is 0.0244. The van der Waals surface area contributed by atoms with E-state index in [1.54, 1.807) is 24.3 Å². The van der Waals surface area contributed by atoms with E-state index in [4.69, 9.17) is 4.74 Å². The van der Waals surface area contributed by atoms with Gasteiger partial charge in [0.15, 0.2) is 5.82 Å². The van der Waals surface area contributed by atoms with Gasteiger partial charge >= 0.3 is 0 Å². The standard InChI is InChI=1S/C25H20F2N4O3/c26-16-2-1-3-17(27)20(16)22-29-18(21-19(30-22)9-28-23(21)32)8-14-4-6-15(7-5-14)24(33)31-10-25(11-31)12-34-13-25/h1-7H,8-13H2,(H,28,32). The largest absolute Gasteiger partial charge is 0.380 e. The zero-order chi connectivity index (χ0) is 23.4. The average molecular weight is 462 g/mol. The third-order valence-electron chi connectivity index (χ3n) is 6.62. The number of hydrogen-bond donors (Lipinski definition) is 1. The zero-order valence-corrected chi connectivity index (χ0v) is 18.1. The van der Waals surface area contributed by atoms with Gasteiger partial charge in [-0.25, -0.2) is 18.7 Å². The number of halogens is 2. The van der Waals surface area contributed by atoms with Crippen molar-refractivity contribution >= 4 is 11.8 Å². The molecule has 1 N–H and O–H groups in total. The Morgan fingerprint density at radius 2 is 1.74 bits per heavy atom. The molecule has 3 aromatic rings. The van der Waals surface area contributed by atoms with Gasteiger partial charge in [0.1, 0.15) is 11.6 Å². The fourth-order valence-electron chi connectivity index (χ4n) is 4.77. The maximum absolute atomic E-state index is 14.4. The van der Waals surface area contributed by atoms with Crippen LogP contribution in [0.5, 0.6) is 0 Å². The Hall–Kier alpha value is -3.72. The number of likely N-dealkylation sites (tertiary alicyclic amines) is 1. The van der Waals surface area contributed by atoms with Gasteiger partial charge in [0.05, 0.1) is 47.7 Å². The quantitative estimate of drug-likeness (QED) is 0.645. The molecule has 0 atom stereocenters. The lowest BCUT2D eigenvalue weighted by Crippen LogP contribution is -2.67. The summed E-state index contributed by atoms with van der Waals surface area (Å²) in [6.45, 7) is 3.02. The number of hydrogen-bond acceptors (Lipinski definition) is 5. The lowest BCUT2D eigenvalue weighted by Gasteiger charge is -2.54. The van der Waals surface area contributed by atoms with Crippen LogP contribution in [0.1, 0.15) is 37.7 Å². The van der Waals surface area contributed by atoms with Crippen LogP contribution in [-0.2, 0) is 17.7 Å². The molecule has 7 nitrogen and oxygen atoms in total. The molecule has 2 saturated heterocycles. The van der Waals surface area contributed by atoms with E-state index >= 15 is 0 Å². The smallest absolute Gasteiger partial charge is 0.255 e. The van der Waals surface area contributed by atoms with Crippen LogP contribution >= 0.6 is 0 Å². The van der Waals surface area contributed by atoms with Gasteiger partial charge in [-0.05, 0) is 29.8 Å². The highest BCUT2D eigenvalue weighted by Crippen LogP contribution is 2.38. The molecule has 0 bridgehead atoms. The molecule has 3 aliphatic heterocycles. The average Bonchev–Trinajstić information content (AvgIpc) is 3.13. The molecule has 0 aliphatic carbocycles. The van der Waals surface area contributed by atoms with Crippen molar-refractivity contribution in [3.05, 3.63) is 82.2 Å². The molecule has 1 aromatic heterocycles. The summed E-state index contributed by atoms with van der Waals surface area (Å²) in [6.07, 6.45) is 0.250. The number of aromatic nitrogens is 2. The van der Waals surface area contributed by atoms with Crippen LogP contribution < -0.4 is 5.32 Å². The summed E-state index contributed by atoms with van der Waals surface area (Å²) >= 11 is 0. The minimum atomic E-state index is -0.771. The van der Waals surface area contributed by atoms with Crippen LogP contribution in [0.4, 0.5) is 8.78 Å². The topological polar surface area (TPSA) is 84.4 Å². The summed E-state index contributed by atoms with van der Waals surface area (Å²) in [5, 5.41) is 2.70. The van der Waals surface area contributed by atoms with E-state index in [1.807, 2.05) is 4.90 Å². The third-order valence-corrected chi connectivity index (χ3v) is 6.62. The number of nitrogens with one attached hydrogen (secondary N) is 1. The second-order valence-corrected chi connectivity index (χ2v) is 9.12. The summed E-state index contributed by atoms with van der Waals surface area (Å²) in [5.41, 5.74) is 2.34. The number of amides is 2. The summed E-state index contributed by atoms with van der Waals surface area (Å²) < 4.78 is 34.0. The number of rotatable bonds is 4. The maximum atomic E-state index is 14.4. The van der Waals surface area contributed by atoms with E-state index < -0.39 is 11.6 Å². The molecule has 1 spiro atoms. The SMILES string of the molecule is O=C1NCc2nc(-c3c(F)cccc3F)nc(Cc3ccc(C(=O)N4CC5(COC5)C4)cc3)c21. The number of nitrogens with zero attached hydrogens (tertiary/aromatic N) is 3. The minimum Gasteiger partial charge on any atom is -0.380 e. The van der Waals surface area contributed by atoms with Crippen molar-refractivity contribution in [2.24, 2.45) is 5.41 Å². The number of benzene rings is 2. The molecule has 0 radical (unpaired) electrons. The Morgan fingerprint density at radius 3 is 2.38 bits per heavy atom. The molecule has 3 aliphatic rings. The molecule has 172 valence electrons. The zero-order valence-electron chi connectivity index (χ0n) is 18.1. The molecule has 34 heavy (non-hydrogen) atoms. The summed E-state index contributed by atoms with van der Waals surface area (Å²) in [6, 6.07) is 10.7. The molecular weight excluding hydrogens is 442 g/mol. The van der Waals surface area contributed by atoms with Crippen LogP contribution in [0.3, 0.4) is 0 Å². The van der Waals surface area contributed by atoms with Crippen molar-refractivity contribution in [1.29, 1.82) is 0 Å². The maximum Gasteiger partial charge on any atom is 0.255 e. The second-order valence-electron chi connectivity index (χ2n) is 9.12. The van der Waals surface area contributed by atoms with Gasteiger partial charge in [-0.1, -0.05) is 18.2 Å². The highest BCUT2D eigenvalue weighted by atomic mass is 19.1. The highest BCUT2D eigenvalue weighted by molar-refractivity contribution is 5.99. The number of carbonyl (C=O) groups excluding carboxylic acids is 2. The lowest BCUT2D eigenvalue weighted by molar-refractivity contribution is -0.176. The van der Waals surface area contributed by atoms with Crippen molar-refractivity contribution < 1.29 is 23.1 Å². The highest BCUT2D eigenvalue weighted by Gasteiger charge is 2.50. The van der Waals surface area contributed by atoms with Crippen molar-refractivity contribution in [3.8, 4) is 11.4 Å². The van der Waals surface area contributed by atoms with Crippen molar-refractivity contribution in [2.45, 2.75) is 13.0 Å². The van der Waals surface area contributed by atoms with E-state index in [0.29, 0.717) is 48.8 Å². The second kappa shape index (κ2) is 7.66. The van der Waals surface area contributed by atoms with Gasteiger partial charge < -0.3 is 15.0 Å². The van der Waals surface area contributed by atoms with E-state index in [-0.39, 0.29) is 41.6 Å². The number of ether oxygens (including phenoxy) is 1. The van der Waals surface area contributed by atoms with E-state index in [2.05, 4.69) is 15.3 Å². The normalized spacial score (nSPS) is 17.7. The van der Waals surface area contributed by atoms with Crippen molar-refractivity contribution in [2.75, 3.05) is 26.3 Å². The van der Waals surface area contributed by atoms with Gasteiger partial charge in [0.2, 0.25) is 0 Å². The van der Waals surface area contributed by atoms with Crippen molar-refractivity contribution in [1.82, 2.24) is 20.2 Å². The summed E-state index contributed by atoms with van der Waals surface area (Å²) in [5.74, 6) is -1.98. The predicted molar refractivity (Wildman–Crippen MR) is 117 cm³/mol. The fourth-order valence-corrected chi connectivity index (χ4v) is 4.77. The van der Waals surface area contributed by atoms with Gasteiger partial charge in [0, 0.05) is 25.1 Å². The molecule has 2 amide bonds. The summed E-state index contributed by atoms with van der Waals surface area (Å²) in [4.78, 5) is 35.6. The van der Waals surface area contributed by atoms with Crippen LogP contribution in [0, 0.1) is 17.0 Å². The Morgan fingerprint density at radius 1 is 1.03 bits per heavy atom. The van der Waals surface area contributed by atoms with Crippen LogP contribution in [-0.4, -0.2) is 53.0 Å². The molecule has 6 rings (SSSR count).